The number of aryl methyl sites for hydroxylation is 2. The number of fused-ring (bicyclic) bond motifs is 1. The van der Waals surface area contributed by atoms with Crippen LogP contribution >= 0.6 is 0 Å². The van der Waals surface area contributed by atoms with Gasteiger partial charge in [0.1, 0.15) is 11.4 Å². The molecule has 1 heterocycles. The number of carbonyl (C=O) groups excluding carboxylic acids is 2. The van der Waals surface area contributed by atoms with Crippen LogP contribution < -0.4 is 10.7 Å². The number of benzene rings is 2. The molecule has 7 heteroatoms. The summed E-state index contributed by atoms with van der Waals surface area (Å²) >= 11 is 0. The van der Waals surface area contributed by atoms with Crippen molar-refractivity contribution in [2.75, 3.05) is 11.9 Å². The van der Waals surface area contributed by atoms with Crippen molar-refractivity contribution in [3.8, 4) is 0 Å². The summed E-state index contributed by atoms with van der Waals surface area (Å²) in [6, 6.07) is 10.3. The van der Waals surface area contributed by atoms with Gasteiger partial charge in [-0.05, 0) is 43.7 Å². The lowest BCUT2D eigenvalue weighted by molar-refractivity contribution is -0.119. The number of halogens is 1. The minimum atomic E-state index is -0.964. The third-order valence-electron chi connectivity index (χ3n) is 3.82. The van der Waals surface area contributed by atoms with Crippen LogP contribution in [0.4, 0.5) is 10.1 Å². The number of amides is 1. The van der Waals surface area contributed by atoms with Gasteiger partial charge in [-0.15, -0.1) is 0 Å². The average molecular weight is 369 g/mol. The van der Waals surface area contributed by atoms with Gasteiger partial charge in [0.2, 0.25) is 5.76 Å². The Bertz CT molecular complexity index is 1100. The summed E-state index contributed by atoms with van der Waals surface area (Å²) in [5.41, 5.74) is 1.42. The Morgan fingerprint density at radius 1 is 1.07 bits per heavy atom. The molecule has 3 aromatic rings. The first-order valence-electron chi connectivity index (χ1n) is 8.11. The second kappa shape index (κ2) is 7.41. The Labute approximate surface area is 153 Å². The van der Waals surface area contributed by atoms with Crippen LogP contribution in [0.25, 0.3) is 11.0 Å². The van der Waals surface area contributed by atoms with Crippen LogP contribution in [0, 0.1) is 19.7 Å². The van der Waals surface area contributed by atoms with E-state index in [4.69, 9.17) is 9.15 Å². The van der Waals surface area contributed by atoms with Crippen molar-refractivity contribution in [3.63, 3.8) is 0 Å². The molecule has 0 unspecified atom stereocenters. The van der Waals surface area contributed by atoms with E-state index in [0.29, 0.717) is 10.9 Å². The highest BCUT2D eigenvalue weighted by Gasteiger charge is 2.16. The summed E-state index contributed by atoms with van der Waals surface area (Å²) in [6.45, 7) is 2.90. The van der Waals surface area contributed by atoms with Gasteiger partial charge in [-0.2, -0.15) is 0 Å². The Kier molecular flexibility index (Phi) is 5.03. The molecule has 0 aliphatic carbocycles. The summed E-state index contributed by atoms with van der Waals surface area (Å²) in [6.07, 6.45) is 0. The van der Waals surface area contributed by atoms with Crippen LogP contribution in [0.2, 0.25) is 0 Å². The summed E-state index contributed by atoms with van der Waals surface area (Å²) in [7, 11) is 0. The Morgan fingerprint density at radius 3 is 2.52 bits per heavy atom. The maximum absolute atomic E-state index is 13.7. The lowest BCUT2D eigenvalue weighted by Crippen LogP contribution is -2.22. The van der Waals surface area contributed by atoms with E-state index in [2.05, 4.69) is 5.32 Å². The number of carbonyl (C=O) groups is 2. The third kappa shape index (κ3) is 4.20. The highest BCUT2D eigenvalue weighted by molar-refractivity contribution is 5.95. The first-order valence-corrected chi connectivity index (χ1v) is 8.11. The zero-order chi connectivity index (χ0) is 19.6. The van der Waals surface area contributed by atoms with E-state index < -0.39 is 29.7 Å². The molecule has 1 aromatic heterocycles. The van der Waals surface area contributed by atoms with Gasteiger partial charge in [-0.1, -0.05) is 17.7 Å². The lowest BCUT2D eigenvalue weighted by atomic mass is 10.1. The van der Waals surface area contributed by atoms with E-state index in [-0.39, 0.29) is 17.0 Å². The molecule has 0 fully saturated rings. The van der Waals surface area contributed by atoms with E-state index in [0.717, 1.165) is 11.6 Å². The number of nitrogens with one attached hydrogen (secondary N) is 1. The second-order valence-electron chi connectivity index (χ2n) is 6.08. The minimum absolute atomic E-state index is 0.0192. The summed E-state index contributed by atoms with van der Waals surface area (Å²) in [5.74, 6) is -2.59. The highest BCUT2D eigenvalue weighted by Crippen LogP contribution is 2.16. The van der Waals surface area contributed by atoms with Gasteiger partial charge >= 0.3 is 5.97 Å². The molecule has 0 aliphatic rings. The van der Waals surface area contributed by atoms with Crippen LogP contribution in [-0.2, 0) is 9.53 Å². The van der Waals surface area contributed by atoms with Gasteiger partial charge < -0.3 is 14.5 Å². The second-order valence-corrected chi connectivity index (χ2v) is 6.08. The van der Waals surface area contributed by atoms with E-state index in [9.17, 15) is 18.8 Å². The Morgan fingerprint density at radius 2 is 1.78 bits per heavy atom. The summed E-state index contributed by atoms with van der Waals surface area (Å²) in [4.78, 5) is 36.0. The molecule has 0 atom stereocenters. The van der Waals surface area contributed by atoms with Gasteiger partial charge in [0.05, 0.1) is 11.1 Å². The molecule has 2 aromatic carbocycles. The fraction of sp³-hybridized carbons (Fsp3) is 0.150. The van der Waals surface area contributed by atoms with Crippen molar-refractivity contribution < 1.29 is 23.1 Å². The zero-order valence-electron chi connectivity index (χ0n) is 14.7. The smallest absolute Gasteiger partial charge is 0.374 e. The first kappa shape index (κ1) is 18.3. The van der Waals surface area contributed by atoms with Crippen LogP contribution in [0.15, 0.2) is 51.7 Å². The summed E-state index contributed by atoms with van der Waals surface area (Å²) < 4.78 is 23.9. The number of esters is 1. The Balaban J connectivity index is 1.68. The molecule has 0 aliphatic heterocycles. The standard InChI is InChI=1S/C20H16FNO5/c1-11-4-6-17-13(7-11)16(23)9-18(27-17)20(25)26-10-19(24)22-15-5-3-12(2)8-14(15)21/h3-9H,10H2,1-2H3,(H,22,24). The lowest BCUT2D eigenvalue weighted by Gasteiger charge is -2.08. The SMILES string of the molecule is Cc1ccc(NC(=O)COC(=O)c2cc(=O)c3cc(C)ccc3o2)c(F)c1. The van der Waals surface area contributed by atoms with E-state index in [1.54, 1.807) is 31.2 Å². The molecule has 0 bridgehead atoms. The van der Waals surface area contributed by atoms with E-state index in [1.807, 2.05) is 6.92 Å². The zero-order valence-corrected chi connectivity index (χ0v) is 14.7. The number of hydrogen-bond acceptors (Lipinski definition) is 5. The fourth-order valence-corrected chi connectivity index (χ4v) is 2.48. The van der Waals surface area contributed by atoms with E-state index in [1.165, 1.54) is 12.1 Å². The normalized spacial score (nSPS) is 10.6. The third-order valence-corrected chi connectivity index (χ3v) is 3.82. The summed E-state index contributed by atoms with van der Waals surface area (Å²) in [5, 5.41) is 2.65. The molecule has 1 N–H and O–H groups in total. The van der Waals surface area contributed by atoms with Gasteiger partial charge in [-0.3, -0.25) is 9.59 Å². The highest BCUT2D eigenvalue weighted by atomic mass is 19.1. The topological polar surface area (TPSA) is 85.6 Å². The molecule has 138 valence electrons. The fourth-order valence-electron chi connectivity index (χ4n) is 2.48. The molecular weight excluding hydrogens is 353 g/mol. The van der Waals surface area contributed by atoms with Crippen molar-refractivity contribution in [3.05, 3.63) is 75.4 Å². The predicted molar refractivity (Wildman–Crippen MR) is 97.3 cm³/mol. The molecule has 0 radical (unpaired) electrons. The molecule has 6 nitrogen and oxygen atoms in total. The van der Waals surface area contributed by atoms with Crippen molar-refractivity contribution in [1.29, 1.82) is 0 Å². The maximum atomic E-state index is 13.7. The monoisotopic (exact) mass is 369 g/mol. The minimum Gasteiger partial charge on any atom is -0.450 e. The van der Waals surface area contributed by atoms with Crippen LogP contribution in [-0.4, -0.2) is 18.5 Å². The van der Waals surface area contributed by atoms with Crippen molar-refractivity contribution >= 4 is 28.5 Å². The van der Waals surface area contributed by atoms with Crippen molar-refractivity contribution in [2.45, 2.75) is 13.8 Å². The van der Waals surface area contributed by atoms with Gasteiger partial charge in [0, 0.05) is 6.07 Å². The maximum Gasteiger partial charge on any atom is 0.374 e. The molecule has 27 heavy (non-hydrogen) atoms. The largest absolute Gasteiger partial charge is 0.450 e. The Hall–Kier alpha value is -3.48. The van der Waals surface area contributed by atoms with Gasteiger partial charge in [-0.25, -0.2) is 9.18 Å². The molecule has 0 saturated carbocycles. The van der Waals surface area contributed by atoms with Gasteiger partial charge in [0.15, 0.2) is 12.0 Å². The average Bonchev–Trinajstić information content (AvgIpc) is 2.62. The molecule has 0 saturated heterocycles. The van der Waals surface area contributed by atoms with Gasteiger partial charge in [0.25, 0.3) is 5.91 Å². The molecular formula is C20H16FNO5. The predicted octanol–water partition coefficient (Wildman–Crippen LogP) is 3.34. The van der Waals surface area contributed by atoms with Crippen molar-refractivity contribution in [1.82, 2.24) is 0 Å². The molecule has 1 amide bonds. The number of anilines is 1. The van der Waals surface area contributed by atoms with Crippen molar-refractivity contribution in [2.24, 2.45) is 0 Å². The first-order chi connectivity index (χ1) is 12.8. The molecule has 0 spiro atoms. The van der Waals surface area contributed by atoms with Crippen LogP contribution in [0.3, 0.4) is 0 Å². The molecule has 3 rings (SSSR count). The number of rotatable bonds is 4. The van der Waals surface area contributed by atoms with Crippen LogP contribution in [0.5, 0.6) is 0 Å². The number of hydrogen-bond donors (Lipinski definition) is 1. The van der Waals surface area contributed by atoms with E-state index >= 15 is 0 Å². The quantitative estimate of drug-likeness (QED) is 0.713. The number of ether oxygens (including phenoxy) is 1. The van der Waals surface area contributed by atoms with Crippen LogP contribution in [0.1, 0.15) is 21.7 Å².